The van der Waals surface area contributed by atoms with E-state index in [0.717, 1.165) is 17.4 Å². The van der Waals surface area contributed by atoms with Crippen molar-refractivity contribution in [2.24, 2.45) is 5.92 Å². The summed E-state index contributed by atoms with van der Waals surface area (Å²) in [5, 5.41) is 4.59. The lowest BCUT2D eigenvalue weighted by Gasteiger charge is -2.24. The quantitative estimate of drug-likeness (QED) is 0.701. The molecule has 0 heterocycles. The summed E-state index contributed by atoms with van der Waals surface area (Å²) < 4.78 is 0. The zero-order chi connectivity index (χ0) is 14.3. The molecule has 0 aliphatic rings. The van der Waals surface area contributed by atoms with Crippen molar-refractivity contribution in [2.75, 3.05) is 0 Å². The lowest BCUT2D eigenvalue weighted by molar-refractivity contribution is 0.355. The van der Waals surface area contributed by atoms with Gasteiger partial charge in [0.1, 0.15) is 0 Å². The van der Waals surface area contributed by atoms with Gasteiger partial charge in [-0.2, -0.15) is 0 Å². The van der Waals surface area contributed by atoms with Crippen molar-refractivity contribution in [3.8, 4) is 0 Å². The highest BCUT2D eigenvalue weighted by Crippen LogP contribution is 2.15. The SMILES string of the molecule is CCC(C)CC(CC)NC(C)Cc1cccc(Cl)c1. The Morgan fingerprint density at radius 2 is 1.89 bits per heavy atom. The molecule has 1 rings (SSSR count). The number of halogens is 1. The molecule has 1 N–H and O–H groups in total. The second-order valence-corrected chi connectivity index (χ2v) is 6.19. The highest BCUT2D eigenvalue weighted by molar-refractivity contribution is 6.30. The van der Waals surface area contributed by atoms with Crippen LogP contribution in [0.15, 0.2) is 24.3 Å². The normalized spacial score (nSPS) is 16.1. The molecule has 2 heteroatoms. The van der Waals surface area contributed by atoms with E-state index >= 15 is 0 Å². The topological polar surface area (TPSA) is 12.0 Å². The summed E-state index contributed by atoms with van der Waals surface area (Å²) in [4.78, 5) is 0. The Labute approximate surface area is 123 Å². The number of nitrogens with one attached hydrogen (secondary N) is 1. The summed E-state index contributed by atoms with van der Waals surface area (Å²) in [7, 11) is 0. The fraction of sp³-hybridized carbons (Fsp3) is 0.647. The summed E-state index contributed by atoms with van der Waals surface area (Å²) in [5.41, 5.74) is 1.31. The molecule has 3 unspecified atom stereocenters. The van der Waals surface area contributed by atoms with E-state index < -0.39 is 0 Å². The molecule has 0 aliphatic carbocycles. The van der Waals surface area contributed by atoms with Crippen LogP contribution in [-0.2, 0) is 6.42 Å². The molecule has 3 atom stereocenters. The van der Waals surface area contributed by atoms with Gasteiger partial charge in [0.15, 0.2) is 0 Å². The Bertz CT molecular complexity index is 364. The second-order valence-electron chi connectivity index (χ2n) is 5.76. The van der Waals surface area contributed by atoms with Gasteiger partial charge in [0, 0.05) is 17.1 Å². The molecule has 0 saturated carbocycles. The maximum atomic E-state index is 6.03. The standard InChI is InChI=1S/C17H28ClN/c1-5-13(3)10-17(6-2)19-14(4)11-15-8-7-9-16(18)12-15/h7-9,12-14,17,19H,5-6,10-11H2,1-4H3. The molecule has 0 fully saturated rings. The van der Waals surface area contributed by atoms with E-state index in [1.54, 1.807) is 0 Å². The van der Waals surface area contributed by atoms with Crippen LogP contribution < -0.4 is 5.32 Å². The van der Waals surface area contributed by atoms with E-state index in [0.29, 0.717) is 12.1 Å². The van der Waals surface area contributed by atoms with Crippen LogP contribution >= 0.6 is 11.6 Å². The van der Waals surface area contributed by atoms with Gasteiger partial charge in [0.25, 0.3) is 0 Å². The smallest absolute Gasteiger partial charge is 0.0408 e. The Balaban J connectivity index is 2.46. The molecule has 108 valence electrons. The average molecular weight is 282 g/mol. The molecule has 1 aromatic rings. The molecule has 0 amide bonds. The predicted octanol–water partition coefficient (Wildman–Crippen LogP) is 5.08. The minimum atomic E-state index is 0.493. The third-order valence-electron chi connectivity index (χ3n) is 3.83. The fourth-order valence-corrected chi connectivity index (χ4v) is 2.70. The van der Waals surface area contributed by atoms with Crippen molar-refractivity contribution in [3.63, 3.8) is 0 Å². The molecule has 1 aromatic carbocycles. The Kier molecular flexibility index (Phi) is 7.48. The zero-order valence-electron chi connectivity index (χ0n) is 12.7. The third-order valence-corrected chi connectivity index (χ3v) is 4.06. The lowest BCUT2D eigenvalue weighted by atomic mass is 9.96. The molecular formula is C17H28ClN. The van der Waals surface area contributed by atoms with Gasteiger partial charge in [0.2, 0.25) is 0 Å². The van der Waals surface area contributed by atoms with E-state index in [1.807, 2.05) is 12.1 Å². The van der Waals surface area contributed by atoms with Gasteiger partial charge in [-0.05, 0) is 49.8 Å². The van der Waals surface area contributed by atoms with Gasteiger partial charge in [-0.15, -0.1) is 0 Å². The van der Waals surface area contributed by atoms with E-state index in [4.69, 9.17) is 11.6 Å². The van der Waals surface area contributed by atoms with Crippen LogP contribution in [0.2, 0.25) is 5.02 Å². The summed E-state index contributed by atoms with van der Waals surface area (Å²) in [6.07, 6.45) is 4.77. The minimum Gasteiger partial charge on any atom is -0.311 e. The predicted molar refractivity (Wildman–Crippen MR) is 85.9 cm³/mol. The van der Waals surface area contributed by atoms with Gasteiger partial charge in [0.05, 0.1) is 0 Å². The molecule has 0 spiro atoms. The van der Waals surface area contributed by atoms with E-state index in [1.165, 1.54) is 24.8 Å². The molecule has 0 aliphatic heterocycles. The highest BCUT2D eigenvalue weighted by atomic mass is 35.5. The Morgan fingerprint density at radius 3 is 2.47 bits per heavy atom. The maximum Gasteiger partial charge on any atom is 0.0408 e. The molecular weight excluding hydrogens is 254 g/mol. The first-order chi connectivity index (χ1) is 9.05. The molecule has 0 saturated heterocycles. The van der Waals surface area contributed by atoms with Crippen LogP contribution in [0.3, 0.4) is 0 Å². The Hall–Kier alpha value is -0.530. The van der Waals surface area contributed by atoms with Crippen LogP contribution in [0.5, 0.6) is 0 Å². The highest BCUT2D eigenvalue weighted by Gasteiger charge is 2.13. The molecule has 19 heavy (non-hydrogen) atoms. The van der Waals surface area contributed by atoms with Crippen LogP contribution in [0.25, 0.3) is 0 Å². The van der Waals surface area contributed by atoms with Gasteiger partial charge >= 0.3 is 0 Å². The van der Waals surface area contributed by atoms with E-state index in [-0.39, 0.29) is 0 Å². The van der Waals surface area contributed by atoms with E-state index in [9.17, 15) is 0 Å². The minimum absolute atomic E-state index is 0.493. The summed E-state index contributed by atoms with van der Waals surface area (Å²) in [6, 6.07) is 9.30. The number of hydrogen-bond donors (Lipinski definition) is 1. The summed E-state index contributed by atoms with van der Waals surface area (Å²) in [6.45, 7) is 9.14. The Morgan fingerprint density at radius 1 is 1.16 bits per heavy atom. The fourth-order valence-electron chi connectivity index (χ4n) is 2.48. The second kappa shape index (κ2) is 8.60. The first-order valence-corrected chi connectivity index (χ1v) is 7.93. The van der Waals surface area contributed by atoms with Crippen molar-refractivity contribution in [1.29, 1.82) is 0 Å². The van der Waals surface area contributed by atoms with Crippen LogP contribution in [-0.4, -0.2) is 12.1 Å². The maximum absolute atomic E-state index is 6.03. The van der Waals surface area contributed by atoms with Gasteiger partial charge in [-0.25, -0.2) is 0 Å². The molecule has 0 radical (unpaired) electrons. The molecule has 0 bridgehead atoms. The first-order valence-electron chi connectivity index (χ1n) is 7.55. The lowest BCUT2D eigenvalue weighted by Crippen LogP contribution is -2.38. The third kappa shape index (κ3) is 6.44. The molecule has 0 aromatic heterocycles. The van der Waals surface area contributed by atoms with Gasteiger partial charge < -0.3 is 5.32 Å². The summed E-state index contributed by atoms with van der Waals surface area (Å²) >= 11 is 6.03. The molecule has 1 nitrogen and oxygen atoms in total. The van der Waals surface area contributed by atoms with Gasteiger partial charge in [-0.3, -0.25) is 0 Å². The van der Waals surface area contributed by atoms with Crippen LogP contribution in [0.1, 0.15) is 52.5 Å². The summed E-state index contributed by atoms with van der Waals surface area (Å²) in [5.74, 6) is 0.802. The number of benzene rings is 1. The monoisotopic (exact) mass is 281 g/mol. The largest absolute Gasteiger partial charge is 0.311 e. The number of rotatable bonds is 8. The van der Waals surface area contributed by atoms with Crippen molar-refractivity contribution < 1.29 is 0 Å². The van der Waals surface area contributed by atoms with E-state index in [2.05, 4.69) is 45.1 Å². The van der Waals surface area contributed by atoms with Crippen molar-refractivity contribution >= 4 is 11.6 Å². The average Bonchev–Trinajstić information content (AvgIpc) is 2.37. The van der Waals surface area contributed by atoms with Crippen molar-refractivity contribution in [3.05, 3.63) is 34.9 Å². The first kappa shape index (κ1) is 16.5. The number of hydrogen-bond acceptors (Lipinski definition) is 1. The van der Waals surface area contributed by atoms with Crippen LogP contribution in [0, 0.1) is 5.92 Å². The zero-order valence-corrected chi connectivity index (χ0v) is 13.5. The van der Waals surface area contributed by atoms with Crippen molar-refractivity contribution in [2.45, 2.75) is 65.5 Å². The van der Waals surface area contributed by atoms with Crippen LogP contribution in [0.4, 0.5) is 0 Å². The van der Waals surface area contributed by atoms with Gasteiger partial charge in [-0.1, -0.05) is 50.9 Å². The van der Waals surface area contributed by atoms with Crippen molar-refractivity contribution in [1.82, 2.24) is 5.32 Å².